The van der Waals surface area contributed by atoms with Gasteiger partial charge >= 0.3 is 37.2 Å². The van der Waals surface area contributed by atoms with E-state index in [9.17, 15) is 53.9 Å². The molecule has 0 aromatic heterocycles. The number of allylic oxidation sites excluding steroid dienone is 2. The number of carbonyl (C=O) groups excluding carboxylic acids is 1. The molecule has 5 N–H and O–H groups in total. The van der Waals surface area contributed by atoms with Crippen molar-refractivity contribution < 1.29 is 71.2 Å². The third-order valence-corrected chi connectivity index (χ3v) is 14.2. The van der Waals surface area contributed by atoms with Crippen molar-refractivity contribution in [2.75, 3.05) is 0 Å². The molecule has 2 unspecified atom stereocenters. The highest BCUT2D eigenvalue weighted by Crippen LogP contribution is 2.72. The topological polar surface area (TPSA) is 258 Å². The number of cyclic esters (lactones) is 1. The van der Waals surface area contributed by atoms with Crippen molar-refractivity contribution in [3.8, 4) is 0 Å². The van der Waals surface area contributed by atoms with Crippen LogP contribution < -0.4 is 0 Å². The number of aliphatic hydroxyl groups is 2. The highest BCUT2D eigenvalue weighted by molar-refractivity contribution is 7.81. The maximum atomic E-state index is 12.2. The lowest BCUT2D eigenvalue weighted by molar-refractivity contribution is -0.179. The summed E-state index contributed by atoms with van der Waals surface area (Å²) in [5.41, 5.74) is -0.981. The van der Waals surface area contributed by atoms with Gasteiger partial charge in [0.1, 0.15) is 12.2 Å². The molecule has 0 aromatic rings. The molecule has 19 heteroatoms. The normalized spacial score (nSPS) is 42.3. The minimum atomic E-state index is -5.32. The van der Waals surface area contributed by atoms with E-state index in [1.165, 1.54) is 6.08 Å². The van der Waals surface area contributed by atoms with Crippen LogP contribution in [0.5, 0.6) is 0 Å². The van der Waals surface area contributed by atoms with E-state index in [1.54, 1.807) is 6.92 Å². The van der Waals surface area contributed by atoms with Crippen molar-refractivity contribution in [1.29, 1.82) is 0 Å². The van der Waals surface area contributed by atoms with Gasteiger partial charge in [0, 0.05) is 11.5 Å². The van der Waals surface area contributed by atoms with Gasteiger partial charge in [-0.25, -0.2) is 17.3 Å². The second kappa shape index (κ2) is 12.9. The van der Waals surface area contributed by atoms with Crippen LogP contribution in [0, 0.1) is 45.8 Å². The quantitative estimate of drug-likeness (QED) is 0.115. The highest BCUT2D eigenvalue weighted by atomic mass is 32.3. The SMILES string of the molecule is CC(CC[C@@H](C)[C@H]1CC[C@@]2(C)[C@@H]3C[C@H](OS(=O)(=O)O)[C@H]4[C@@H](O)[C@H](OS(=O)(=O)O)[C@@H](OS(=O)(=O)O)C[C@]4(C)C3=CC[C@]12C)C1=CC(O)OC1=O. The molecule has 3 fully saturated rings. The average Bonchev–Trinajstić information content (AvgIpc) is 3.41. The maximum absolute atomic E-state index is 12.2. The molecule has 0 aromatic carbocycles. The number of esters is 1. The lowest BCUT2D eigenvalue weighted by Crippen LogP contribution is -2.65. The number of aliphatic hydroxyl groups excluding tert-OH is 2. The molecule has 13 atom stereocenters. The summed E-state index contributed by atoms with van der Waals surface area (Å²) < 4.78 is 120. The average molecular weight is 759 g/mol. The Hall–Kier alpha value is -1.52. The van der Waals surface area contributed by atoms with Gasteiger partial charge in [-0.15, -0.1) is 0 Å². The Morgan fingerprint density at radius 3 is 2.04 bits per heavy atom. The molecule has 5 rings (SSSR count). The van der Waals surface area contributed by atoms with E-state index < -0.39 is 97.0 Å². The van der Waals surface area contributed by atoms with Crippen molar-refractivity contribution >= 4 is 37.2 Å². The third-order valence-electron chi connectivity index (χ3n) is 12.7. The van der Waals surface area contributed by atoms with Gasteiger partial charge in [0.15, 0.2) is 0 Å². The summed E-state index contributed by atoms with van der Waals surface area (Å²) in [5, 5.41) is 21.2. The lowest BCUT2D eigenvalue weighted by atomic mass is 9.43. The molecule has 0 radical (unpaired) electrons. The first-order chi connectivity index (χ1) is 22.3. The van der Waals surface area contributed by atoms with Crippen molar-refractivity contribution in [3.63, 3.8) is 0 Å². The van der Waals surface area contributed by atoms with Crippen LogP contribution in [-0.4, -0.2) is 85.8 Å². The van der Waals surface area contributed by atoms with Gasteiger partial charge in [-0.2, -0.15) is 25.3 Å². The molecule has 4 aliphatic carbocycles. The van der Waals surface area contributed by atoms with Crippen LogP contribution >= 0.6 is 0 Å². The number of ether oxygens (including phenoxy) is 1. The van der Waals surface area contributed by atoms with E-state index in [0.29, 0.717) is 24.8 Å². The predicted molar refractivity (Wildman–Crippen MR) is 169 cm³/mol. The highest BCUT2D eigenvalue weighted by Gasteiger charge is 2.68. The fourth-order valence-electron chi connectivity index (χ4n) is 10.4. The molecule has 49 heavy (non-hydrogen) atoms. The van der Waals surface area contributed by atoms with Crippen molar-refractivity contribution in [1.82, 2.24) is 0 Å². The van der Waals surface area contributed by atoms with Gasteiger partial charge in [-0.3, -0.25) is 13.7 Å². The van der Waals surface area contributed by atoms with Crippen molar-refractivity contribution in [2.24, 2.45) is 45.8 Å². The van der Waals surface area contributed by atoms with Gasteiger partial charge in [0.25, 0.3) is 0 Å². The van der Waals surface area contributed by atoms with E-state index >= 15 is 0 Å². The minimum absolute atomic E-state index is 0.0197. The first kappa shape index (κ1) is 38.7. The molecular weight excluding hydrogens is 713 g/mol. The van der Waals surface area contributed by atoms with Gasteiger partial charge in [-0.1, -0.05) is 46.3 Å². The molecule has 280 valence electrons. The molecule has 0 saturated heterocycles. The molecule has 0 spiro atoms. The van der Waals surface area contributed by atoms with Crippen LogP contribution in [0.25, 0.3) is 0 Å². The Morgan fingerprint density at radius 2 is 1.49 bits per heavy atom. The molecule has 0 bridgehead atoms. The Bertz CT molecular complexity index is 1720. The minimum Gasteiger partial charge on any atom is -0.429 e. The summed E-state index contributed by atoms with van der Waals surface area (Å²) >= 11 is 0. The number of fused-ring (bicyclic) bond motifs is 5. The van der Waals surface area contributed by atoms with Crippen LogP contribution in [0.15, 0.2) is 23.3 Å². The summed E-state index contributed by atoms with van der Waals surface area (Å²) in [6, 6.07) is 0. The summed E-state index contributed by atoms with van der Waals surface area (Å²) in [5.74, 6) is -2.01. The summed E-state index contributed by atoms with van der Waals surface area (Å²) in [7, 11) is -15.7. The van der Waals surface area contributed by atoms with Crippen LogP contribution in [-0.2, 0) is 53.3 Å². The van der Waals surface area contributed by atoms with Crippen molar-refractivity contribution in [2.45, 2.75) is 110 Å². The maximum Gasteiger partial charge on any atom is 0.397 e. The van der Waals surface area contributed by atoms with Gasteiger partial charge in [0.2, 0.25) is 6.29 Å². The van der Waals surface area contributed by atoms with Crippen LogP contribution in [0.4, 0.5) is 0 Å². The van der Waals surface area contributed by atoms with Crippen molar-refractivity contribution in [3.05, 3.63) is 23.3 Å². The van der Waals surface area contributed by atoms with E-state index in [0.717, 1.165) is 18.4 Å². The molecule has 3 saturated carbocycles. The molecular formula is C30H46O16S3. The number of hydrogen-bond acceptors (Lipinski definition) is 13. The Balaban J connectivity index is 1.50. The van der Waals surface area contributed by atoms with Crippen LogP contribution in [0.3, 0.4) is 0 Å². The molecule has 5 aliphatic rings. The fraction of sp³-hybridized carbons (Fsp3) is 0.833. The zero-order chi connectivity index (χ0) is 36.7. The first-order valence-corrected chi connectivity index (χ1v) is 20.4. The smallest absolute Gasteiger partial charge is 0.397 e. The monoisotopic (exact) mass is 758 g/mol. The van der Waals surface area contributed by atoms with E-state index in [4.69, 9.17) is 13.1 Å². The van der Waals surface area contributed by atoms with Crippen LogP contribution in [0.2, 0.25) is 0 Å². The Morgan fingerprint density at radius 1 is 0.898 bits per heavy atom. The van der Waals surface area contributed by atoms with Gasteiger partial charge < -0.3 is 14.9 Å². The first-order valence-electron chi connectivity index (χ1n) is 16.3. The number of rotatable bonds is 11. The Labute approximate surface area is 287 Å². The lowest BCUT2D eigenvalue weighted by Gasteiger charge is -2.63. The summed E-state index contributed by atoms with van der Waals surface area (Å²) in [4.78, 5) is 12.1. The summed E-state index contributed by atoms with van der Waals surface area (Å²) in [6.45, 7) is 9.96. The zero-order valence-corrected chi connectivity index (χ0v) is 30.3. The zero-order valence-electron chi connectivity index (χ0n) is 27.8. The Kier molecular flexibility index (Phi) is 10.2. The summed E-state index contributed by atoms with van der Waals surface area (Å²) in [6.07, 6.45) is -2.13. The fourth-order valence-corrected chi connectivity index (χ4v) is 11.9. The molecule has 1 heterocycles. The predicted octanol–water partition coefficient (Wildman–Crippen LogP) is 2.56. The molecule has 16 nitrogen and oxygen atoms in total. The molecule has 1 aliphatic heterocycles. The molecule has 0 amide bonds. The van der Waals surface area contributed by atoms with E-state index in [1.807, 2.05) is 13.0 Å². The largest absolute Gasteiger partial charge is 0.429 e. The third kappa shape index (κ3) is 7.27. The number of hydrogen-bond donors (Lipinski definition) is 5. The second-order valence-electron chi connectivity index (χ2n) is 15.3. The standard InChI is InChI=1S/C30H46O16S3/c1-15(17-12-23(31)43-27(17)33)6-7-16(2)18-8-10-30(5)20-13-21(44-47(34,35)36)24-25(32)26(46-49(40,41)42)22(45-48(37,38)39)14-28(24,3)19(20)9-11-29(18,30)4/h9,12,15-16,18,20-26,31-32H,6-8,10-11,13-14H2,1-5H3,(H,34,35,36)(H,37,38,39)(H,40,41,42)/t15?,16-,18-,20-,21+,22+,23?,24+,25-,26-,28-,29-,30+/m1/s1. The van der Waals surface area contributed by atoms with Crippen LogP contribution in [0.1, 0.15) is 79.6 Å². The second-order valence-corrected chi connectivity index (χ2v) is 18.4. The van der Waals surface area contributed by atoms with Gasteiger partial charge in [0.05, 0.1) is 12.2 Å². The van der Waals surface area contributed by atoms with E-state index in [-0.39, 0.29) is 29.6 Å². The van der Waals surface area contributed by atoms with Gasteiger partial charge in [-0.05, 0) is 90.9 Å². The number of carbonyl (C=O) groups is 1. The van der Waals surface area contributed by atoms with E-state index in [2.05, 4.69) is 25.0 Å².